The maximum absolute atomic E-state index is 12.2. The van der Waals surface area contributed by atoms with Gasteiger partial charge in [0.1, 0.15) is 5.75 Å². The van der Waals surface area contributed by atoms with E-state index in [1.807, 2.05) is 37.3 Å². The first-order valence-electron chi connectivity index (χ1n) is 8.34. The summed E-state index contributed by atoms with van der Waals surface area (Å²) in [7, 11) is 0. The fourth-order valence-electron chi connectivity index (χ4n) is 2.46. The number of ether oxygens (including phenoxy) is 1. The molecular weight excluding hydrogens is 318 g/mol. The van der Waals surface area contributed by atoms with Gasteiger partial charge in [-0.1, -0.05) is 49.4 Å². The maximum atomic E-state index is 12.2. The van der Waals surface area contributed by atoms with Gasteiger partial charge in [-0.3, -0.25) is 4.79 Å². The minimum Gasteiger partial charge on any atom is -0.550 e. The van der Waals surface area contributed by atoms with Gasteiger partial charge in [0.05, 0.1) is 19.1 Å². The highest BCUT2D eigenvalue weighted by molar-refractivity contribution is 5.79. The molecule has 1 atom stereocenters. The molecule has 2 rings (SSSR count). The molecule has 0 radical (unpaired) electrons. The van der Waals surface area contributed by atoms with E-state index in [2.05, 4.69) is 5.32 Å². The monoisotopic (exact) mass is 340 g/mol. The number of carbonyl (C=O) groups is 2. The smallest absolute Gasteiger partial charge is 0.224 e. The number of benzene rings is 2. The predicted octanol–water partition coefficient (Wildman–Crippen LogP) is 2.02. The van der Waals surface area contributed by atoms with E-state index in [-0.39, 0.29) is 18.7 Å². The third-order valence-electron chi connectivity index (χ3n) is 3.67. The molecule has 5 nitrogen and oxygen atoms in total. The molecule has 1 N–H and O–H groups in total. The standard InChI is InChI=1S/C20H23NO4/c1-2-12-25-17-10-8-16(9-11-17)18(14-20(23)24)21-19(22)13-15-6-4-3-5-7-15/h3-11,18H,2,12-14H2,1H3,(H,21,22)(H,23,24)/p-1/t18-/m0/s1. The average Bonchev–Trinajstić information content (AvgIpc) is 2.60. The second-order valence-corrected chi connectivity index (χ2v) is 5.78. The van der Waals surface area contributed by atoms with Crippen LogP contribution in [0.3, 0.4) is 0 Å². The van der Waals surface area contributed by atoms with E-state index in [4.69, 9.17) is 4.74 Å². The summed E-state index contributed by atoms with van der Waals surface area (Å²) in [4.78, 5) is 23.3. The number of carboxylic acids is 1. The number of nitrogens with one attached hydrogen (secondary N) is 1. The third kappa shape index (κ3) is 6.30. The van der Waals surface area contributed by atoms with Crippen molar-refractivity contribution < 1.29 is 19.4 Å². The van der Waals surface area contributed by atoms with Crippen molar-refractivity contribution in [2.45, 2.75) is 32.2 Å². The number of hydrogen-bond donors (Lipinski definition) is 1. The molecule has 0 bridgehead atoms. The fraction of sp³-hybridized carbons (Fsp3) is 0.300. The van der Waals surface area contributed by atoms with Gasteiger partial charge < -0.3 is 20.0 Å². The summed E-state index contributed by atoms with van der Waals surface area (Å²) in [5.41, 5.74) is 1.57. The van der Waals surface area contributed by atoms with E-state index < -0.39 is 12.0 Å². The highest BCUT2D eigenvalue weighted by Crippen LogP contribution is 2.20. The van der Waals surface area contributed by atoms with Gasteiger partial charge in [0.2, 0.25) is 5.91 Å². The van der Waals surface area contributed by atoms with Crippen LogP contribution in [0.1, 0.15) is 36.9 Å². The number of aliphatic carboxylic acids is 1. The Morgan fingerprint density at radius 2 is 1.76 bits per heavy atom. The van der Waals surface area contributed by atoms with Gasteiger partial charge in [0, 0.05) is 12.4 Å². The van der Waals surface area contributed by atoms with Crippen LogP contribution in [-0.2, 0) is 16.0 Å². The molecule has 0 heterocycles. The van der Waals surface area contributed by atoms with Crippen LogP contribution >= 0.6 is 0 Å². The molecule has 0 aromatic heterocycles. The van der Waals surface area contributed by atoms with Crippen LogP contribution in [0.15, 0.2) is 54.6 Å². The van der Waals surface area contributed by atoms with Crippen molar-refractivity contribution in [3.8, 4) is 5.75 Å². The largest absolute Gasteiger partial charge is 0.550 e. The lowest BCUT2D eigenvalue weighted by Crippen LogP contribution is -2.35. The van der Waals surface area contributed by atoms with Gasteiger partial charge in [0.25, 0.3) is 0 Å². The summed E-state index contributed by atoms with van der Waals surface area (Å²) in [5, 5.41) is 13.8. The molecule has 0 fully saturated rings. The van der Waals surface area contributed by atoms with E-state index >= 15 is 0 Å². The van der Waals surface area contributed by atoms with E-state index in [9.17, 15) is 14.7 Å². The summed E-state index contributed by atoms with van der Waals surface area (Å²) < 4.78 is 5.52. The van der Waals surface area contributed by atoms with Gasteiger partial charge >= 0.3 is 0 Å². The highest BCUT2D eigenvalue weighted by atomic mass is 16.5. The minimum atomic E-state index is -1.21. The Hall–Kier alpha value is -2.82. The second kappa shape index (κ2) is 9.47. The number of carbonyl (C=O) groups excluding carboxylic acids is 2. The summed E-state index contributed by atoms with van der Waals surface area (Å²) in [6.45, 7) is 2.64. The van der Waals surface area contributed by atoms with Crippen LogP contribution in [-0.4, -0.2) is 18.5 Å². The van der Waals surface area contributed by atoms with Crippen LogP contribution in [0.25, 0.3) is 0 Å². The SMILES string of the molecule is CCCOc1ccc([C@H](CC(=O)[O-])NC(=O)Cc2ccccc2)cc1. The maximum Gasteiger partial charge on any atom is 0.224 e. The summed E-state index contributed by atoms with van der Waals surface area (Å²) in [5.74, 6) is -0.728. The average molecular weight is 340 g/mol. The Morgan fingerprint density at radius 1 is 1.08 bits per heavy atom. The molecule has 0 aliphatic carbocycles. The molecule has 2 aromatic rings. The molecule has 5 heteroatoms. The van der Waals surface area contributed by atoms with Crippen LogP contribution in [0.4, 0.5) is 0 Å². The Bertz CT molecular complexity index is 683. The van der Waals surface area contributed by atoms with E-state index in [0.29, 0.717) is 17.9 Å². The first-order valence-corrected chi connectivity index (χ1v) is 8.34. The van der Waals surface area contributed by atoms with Gasteiger partial charge in [-0.15, -0.1) is 0 Å². The molecule has 1 amide bonds. The van der Waals surface area contributed by atoms with Crippen LogP contribution in [0.2, 0.25) is 0 Å². The molecule has 0 saturated carbocycles. The zero-order valence-electron chi connectivity index (χ0n) is 14.2. The molecule has 25 heavy (non-hydrogen) atoms. The number of hydrogen-bond acceptors (Lipinski definition) is 4. The normalized spacial score (nSPS) is 11.6. The topological polar surface area (TPSA) is 78.5 Å². The van der Waals surface area contributed by atoms with E-state index in [0.717, 1.165) is 12.0 Å². The van der Waals surface area contributed by atoms with Gasteiger partial charge in [0.15, 0.2) is 0 Å². The Labute approximate surface area is 147 Å². The number of amides is 1. The van der Waals surface area contributed by atoms with Crippen LogP contribution in [0, 0.1) is 0 Å². The molecule has 0 spiro atoms. The lowest BCUT2D eigenvalue weighted by atomic mass is 10.0. The van der Waals surface area contributed by atoms with Crippen molar-refractivity contribution in [1.29, 1.82) is 0 Å². The summed E-state index contributed by atoms with van der Waals surface area (Å²) >= 11 is 0. The Morgan fingerprint density at radius 3 is 2.36 bits per heavy atom. The first kappa shape index (κ1) is 18.5. The molecule has 0 aliphatic heterocycles. The van der Waals surface area contributed by atoms with Gasteiger partial charge in [-0.05, 0) is 29.7 Å². The first-order chi connectivity index (χ1) is 12.1. The van der Waals surface area contributed by atoms with Crippen LogP contribution < -0.4 is 15.2 Å². The quantitative estimate of drug-likeness (QED) is 0.757. The predicted molar refractivity (Wildman–Crippen MR) is 92.9 cm³/mol. The Balaban J connectivity index is 2.04. The summed E-state index contributed by atoms with van der Waals surface area (Å²) in [6.07, 6.45) is 0.822. The number of carboxylic acid groups (broad SMARTS) is 1. The third-order valence-corrected chi connectivity index (χ3v) is 3.67. The summed E-state index contributed by atoms with van der Waals surface area (Å²) in [6, 6.07) is 15.7. The van der Waals surface area contributed by atoms with Crippen molar-refractivity contribution in [3.63, 3.8) is 0 Å². The Kier molecular flexibility index (Phi) is 7.01. The molecule has 0 saturated heterocycles. The lowest BCUT2D eigenvalue weighted by molar-refractivity contribution is -0.306. The second-order valence-electron chi connectivity index (χ2n) is 5.78. The van der Waals surface area contributed by atoms with Crippen LogP contribution in [0.5, 0.6) is 5.75 Å². The number of rotatable bonds is 9. The van der Waals surface area contributed by atoms with Crippen molar-refractivity contribution in [1.82, 2.24) is 5.32 Å². The fourth-order valence-corrected chi connectivity index (χ4v) is 2.46. The van der Waals surface area contributed by atoms with Gasteiger partial charge in [-0.2, -0.15) is 0 Å². The van der Waals surface area contributed by atoms with Crippen molar-refractivity contribution in [3.05, 3.63) is 65.7 Å². The van der Waals surface area contributed by atoms with Crippen molar-refractivity contribution in [2.24, 2.45) is 0 Å². The molecule has 132 valence electrons. The van der Waals surface area contributed by atoms with E-state index in [1.54, 1.807) is 24.3 Å². The van der Waals surface area contributed by atoms with Crippen molar-refractivity contribution >= 4 is 11.9 Å². The highest BCUT2D eigenvalue weighted by Gasteiger charge is 2.15. The molecule has 0 unspecified atom stereocenters. The molecule has 0 aliphatic rings. The lowest BCUT2D eigenvalue weighted by Gasteiger charge is -2.20. The molecular formula is C20H22NO4-. The minimum absolute atomic E-state index is 0.197. The van der Waals surface area contributed by atoms with Gasteiger partial charge in [-0.25, -0.2) is 0 Å². The zero-order valence-corrected chi connectivity index (χ0v) is 14.2. The van der Waals surface area contributed by atoms with Crippen molar-refractivity contribution in [2.75, 3.05) is 6.61 Å². The zero-order chi connectivity index (χ0) is 18.1. The molecule has 2 aromatic carbocycles. The van der Waals surface area contributed by atoms with E-state index in [1.165, 1.54) is 0 Å².